The normalized spacial score (nSPS) is 22.8. The van der Waals surface area contributed by atoms with Crippen molar-refractivity contribution in [3.05, 3.63) is 23.8 Å². The Morgan fingerprint density at radius 1 is 1.21 bits per heavy atom. The van der Waals surface area contributed by atoms with Crippen molar-refractivity contribution in [1.82, 2.24) is 14.7 Å². The fourth-order valence-electron chi connectivity index (χ4n) is 3.78. The average molecular weight is 412 g/mol. The smallest absolute Gasteiger partial charge is 0.265 e. The highest BCUT2D eigenvalue weighted by Gasteiger charge is 2.33. The summed E-state index contributed by atoms with van der Waals surface area (Å²) in [6.45, 7) is 5.86. The summed E-state index contributed by atoms with van der Waals surface area (Å²) in [6, 6.07) is 4.54. The van der Waals surface area contributed by atoms with Crippen molar-refractivity contribution in [2.75, 3.05) is 46.9 Å². The maximum absolute atomic E-state index is 13.3. The van der Waals surface area contributed by atoms with E-state index in [4.69, 9.17) is 4.74 Å². The molecule has 2 aliphatic heterocycles. The second-order valence-electron chi connectivity index (χ2n) is 7.71. The molecule has 28 heavy (non-hydrogen) atoms. The van der Waals surface area contributed by atoms with Crippen molar-refractivity contribution in [1.29, 1.82) is 0 Å². The quantitative estimate of drug-likeness (QED) is 0.697. The topological polar surface area (TPSA) is 83.4 Å². The Morgan fingerprint density at radius 2 is 1.93 bits per heavy atom. The number of methoxy groups -OCH3 is 1. The fraction of sp³-hybridized carbons (Fsp3) is 0.632. The van der Waals surface area contributed by atoms with Crippen LogP contribution < -0.4 is 15.1 Å². The van der Waals surface area contributed by atoms with Gasteiger partial charge in [-0.05, 0) is 38.0 Å². The average Bonchev–Trinajstić information content (AvgIpc) is 2.69. The molecule has 0 spiro atoms. The maximum Gasteiger partial charge on any atom is 0.265 e. The number of hydrazine groups is 1. The first kappa shape index (κ1) is 21.0. The van der Waals surface area contributed by atoms with Crippen LogP contribution in [0.5, 0.6) is 5.75 Å². The number of amides is 1. The Hall–Kier alpha value is -1.68. The van der Waals surface area contributed by atoms with E-state index in [-0.39, 0.29) is 22.6 Å². The van der Waals surface area contributed by atoms with Gasteiger partial charge in [0.15, 0.2) is 0 Å². The highest BCUT2D eigenvalue weighted by atomic mass is 32.2. The molecule has 0 radical (unpaired) electrons. The van der Waals surface area contributed by atoms with Gasteiger partial charge < -0.3 is 9.64 Å². The van der Waals surface area contributed by atoms with Gasteiger partial charge in [0.25, 0.3) is 5.91 Å². The number of nitrogens with one attached hydrogen (secondary N) is 2. The number of hydrogen-bond acceptors (Lipinski definition) is 5. The monoisotopic (exact) mass is 411 g/mol. The minimum atomic E-state index is -3.74. The highest BCUT2D eigenvalue weighted by molar-refractivity contribution is 7.89. The zero-order chi connectivity index (χ0) is 20.3. The molecule has 9 heteroatoms. The van der Waals surface area contributed by atoms with E-state index in [2.05, 4.69) is 12.5 Å². The molecule has 2 heterocycles. The molecule has 0 bridgehead atoms. The molecule has 0 aliphatic carbocycles. The molecule has 0 aromatic heterocycles. The number of ether oxygens (including phenoxy) is 1. The van der Waals surface area contributed by atoms with Gasteiger partial charge in [-0.25, -0.2) is 13.4 Å². The molecule has 8 nitrogen and oxygen atoms in total. The summed E-state index contributed by atoms with van der Waals surface area (Å²) in [5, 5.41) is 1.89. The van der Waals surface area contributed by atoms with Crippen molar-refractivity contribution in [3.63, 3.8) is 0 Å². The van der Waals surface area contributed by atoms with Crippen molar-refractivity contribution in [2.45, 2.75) is 37.1 Å². The first-order chi connectivity index (χ1) is 13.3. The summed E-state index contributed by atoms with van der Waals surface area (Å²) in [5.74, 6) is -0.0390. The number of hydrogen-bond donors (Lipinski definition) is 2. The second-order valence-corrected chi connectivity index (χ2v) is 9.57. The van der Waals surface area contributed by atoms with Crippen LogP contribution in [0.1, 0.15) is 36.5 Å². The third-order valence-corrected chi connectivity index (χ3v) is 7.67. The van der Waals surface area contributed by atoms with Crippen molar-refractivity contribution >= 4 is 15.9 Å². The Kier molecular flexibility index (Phi) is 6.59. The minimum Gasteiger partial charge on any atom is -0.495 e. The number of carbonyl (C=O) groups is 1. The van der Waals surface area contributed by atoms with E-state index in [1.165, 1.54) is 22.4 Å². The number of piperidine rings is 1. The predicted molar refractivity (Wildman–Crippen MR) is 106 cm³/mol. The van der Waals surface area contributed by atoms with Gasteiger partial charge in [0.1, 0.15) is 10.6 Å². The molecule has 2 saturated heterocycles. The van der Waals surface area contributed by atoms with Crippen LogP contribution in [0.2, 0.25) is 0 Å². The van der Waals surface area contributed by atoms with Crippen molar-refractivity contribution in [2.24, 2.45) is 0 Å². The Labute approximate surface area is 167 Å². The van der Waals surface area contributed by atoms with E-state index in [1.54, 1.807) is 12.1 Å². The number of carbonyl (C=O) groups excluding carboxylic acids is 1. The minimum absolute atomic E-state index is 0.0548. The van der Waals surface area contributed by atoms with E-state index < -0.39 is 10.0 Å². The highest BCUT2D eigenvalue weighted by Crippen LogP contribution is 2.31. The van der Waals surface area contributed by atoms with E-state index in [1.807, 2.05) is 11.9 Å². The fourth-order valence-corrected chi connectivity index (χ4v) is 5.67. The molecule has 2 aliphatic rings. The van der Waals surface area contributed by atoms with Gasteiger partial charge in [-0.1, -0.05) is 6.42 Å². The lowest BCUT2D eigenvalue weighted by Gasteiger charge is -2.32. The van der Waals surface area contributed by atoms with Gasteiger partial charge in [0.05, 0.1) is 40.3 Å². The van der Waals surface area contributed by atoms with Gasteiger partial charge in [0, 0.05) is 18.2 Å². The van der Waals surface area contributed by atoms with E-state index in [0.717, 1.165) is 45.4 Å². The molecule has 1 aromatic rings. The van der Waals surface area contributed by atoms with E-state index in [9.17, 15) is 13.2 Å². The maximum atomic E-state index is 13.3. The first-order valence-corrected chi connectivity index (χ1v) is 11.3. The van der Waals surface area contributed by atoms with Crippen LogP contribution in [-0.4, -0.2) is 76.6 Å². The number of likely N-dealkylation sites (N-methyl/N-ethyl adjacent to an activating group) is 1. The lowest BCUT2D eigenvalue weighted by atomic mass is 10.1. The van der Waals surface area contributed by atoms with Crippen LogP contribution in [0.4, 0.5) is 0 Å². The number of piperazine rings is 1. The van der Waals surface area contributed by atoms with Gasteiger partial charge in [0.2, 0.25) is 10.0 Å². The third kappa shape index (κ3) is 4.48. The zero-order valence-electron chi connectivity index (χ0n) is 16.9. The summed E-state index contributed by atoms with van der Waals surface area (Å²) < 4.78 is 33.4. The summed E-state index contributed by atoms with van der Waals surface area (Å²) in [4.78, 5) is 14.2. The number of rotatable bonds is 5. The summed E-state index contributed by atoms with van der Waals surface area (Å²) in [7, 11) is -0.168. The first-order valence-electron chi connectivity index (χ1n) is 9.90. The van der Waals surface area contributed by atoms with Crippen LogP contribution in [0.15, 0.2) is 23.1 Å². The molecule has 156 valence electrons. The van der Waals surface area contributed by atoms with Gasteiger partial charge in [-0.3, -0.25) is 10.2 Å². The van der Waals surface area contributed by atoms with Gasteiger partial charge >= 0.3 is 0 Å². The molecule has 2 N–H and O–H groups in total. The van der Waals surface area contributed by atoms with Gasteiger partial charge in [-0.15, -0.1) is 0 Å². The molecule has 1 atom stereocenters. The Balaban J connectivity index is 1.84. The van der Waals surface area contributed by atoms with E-state index in [0.29, 0.717) is 12.1 Å². The predicted octanol–water partition coefficient (Wildman–Crippen LogP) is -0.267. The molecule has 1 amide bonds. The third-order valence-electron chi connectivity index (χ3n) is 5.63. The molecule has 0 unspecified atom stereocenters. The van der Waals surface area contributed by atoms with Gasteiger partial charge in [-0.2, -0.15) is 4.31 Å². The van der Waals surface area contributed by atoms with Crippen LogP contribution in [-0.2, 0) is 10.0 Å². The molecular formula is C19H31N4O4S+. The number of sulfonamides is 1. The van der Waals surface area contributed by atoms with Crippen LogP contribution in [0.25, 0.3) is 0 Å². The van der Waals surface area contributed by atoms with Crippen LogP contribution in [0.3, 0.4) is 0 Å². The SMILES string of the molecule is COc1ccc(C(=O)NN2CC[NH+](C)CC2)cc1S(=O)(=O)N1CCCC[C@@H]1C. The zero-order valence-corrected chi connectivity index (χ0v) is 17.7. The summed E-state index contributed by atoms with van der Waals surface area (Å²) in [5.41, 5.74) is 3.21. The molecular weight excluding hydrogens is 380 g/mol. The van der Waals surface area contributed by atoms with Crippen LogP contribution in [0, 0.1) is 0 Å². The van der Waals surface area contributed by atoms with Crippen LogP contribution >= 0.6 is 0 Å². The standard InChI is InChI=1S/C19H30N4O4S/c1-15-6-4-5-9-23(15)28(25,26)18-14-16(7-8-17(18)27-3)19(24)20-22-12-10-21(2)11-13-22/h7-8,14-15H,4-6,9-13H2,1-3H3,(H,20,24)/p+1/t15-/m0/s1. The molecule has 3 rings (SSSR count). The lowest BCUT2D eigenvalue weighted by Crippen LogP contribution is -3.12. The summed E-state index contributed by atoms with van der Waals surface area (Å²) >= 11 is 0. The Morgan fingerprint density at radius 3 is 2.57 bits per heavy atom. The summed E-state index contributed by atoms with van der Waals surface area (Å²) in [6.07, 6.45) is 2.71. The second kappa shape index (κ2) is 8.77. The number of quaternary nitrogens is 1. The molecule has 2 fully saturated rings. The lowest BCUT2D eigenvalue weighted by molar-refractivity contribution is -0.884. The number of benzene rings is 1. The van der Waals surface area contributed by atoms with Crippen molar-refractivity contribution < 1.29 is 22.8 Å². The molecule has 0 saturated carbocycles. The van der Waals surface area contributed by atoms with Crippen molar-refractivity contribution in [3.8, 4) is 5.75 Å². The number of nitrogens with zero attached hydrogens (tertiary/aromatic N) is 2. The van der Waals surface area contributed by atoms with E-state index >= 15 is 0 Å². The molecule has 1 aromatic carbocycles. The largest absolute Gasteiger partial charge is 0.495 e. The Bertz CT molecular complexity index is 806.